The predicted molar refractivity (Wildman–Crippen MR) is 56.5 cm³/mol. The zero-order valence-corrected chi connectivity index (χ0v) is 9.08. The molecular weight excluding hydrogens is 180 g/mol. The molecule has 1 aliphatic carbocycles. The SMILES string of the molecule is CCOC1CC(N=C(N)NN)C1(C)C. The van der Waals surface area contributed by atoms with Gasteiger partial charge in [0.15, 0.2) is 0 Å². The first-order chi connectivity index (χ1) is 6.52. The fourth-order valence-electron chi connectivity index (χ4n) is 1.77. The molecule has 0 aromatic heterocycles. The number of rotatable bonds is 3. The minimum absolute atomic E-state index is 0.0531. The zero-order valence-electron chi connectivity index (χ0n) is 9.08. The number of guanidine groups is 1. The Balaban J connectivity index is 2.54. The first-order valence-corrected chi connectivity index (χ1v) is 4.93. The van der Waals surface area contributed by atoms with Gasteiger partial charge in [0, 0.05) is 12.0 Å². The molecular formula is C9H20N4O. The van der Waals surface area contributed by atoms with Crippen molar-refractivity contribution in [1.29, 1.82) is 0 Å². The Morgan fingerprint density at radius 2 is 2.29 bits per heavy atom. The molecule has 0 heterocycles. The van der Waals surface area contributed by atoms with Gasteiger partial charge < -0.3 is 10.5 Å². The molecule has 14 heavy (non-hydrogen) atoms. The number of ether oxygens (including phenoxy) is 1. The first kappa shape index (κ1) is 11.3. The second-order valence-corrected chi connectivity index (χ2v) is 4.18. The van der Waals surface area contributed by atoms with Gasteiger partial charge in [-0.25, -0.2) is 10.8 Å². The Morgan fingerprint density at radius 1 is 1.64 bits per heavy atom. The third kappa shape index (κ3) is 1.99. The Bertz CT molecular complexity index is 227. The minimum Gasteiger partial charge on any atom is -0.378 e. The monoisotopic (exact) mass is 200 g/mol. The van der Waals surface area contributed by atoms with Crippen LogP contribution in [0.15, 0.2) is 4.99 Å². The molecule has 2 atom stereocenters. The van der Waals surface area contributed by atoms with Crippen molar-refractivity contribution in [1.82, 2.24) is 5.43 Å². The fourth-order valence-corrected chi connectivity index (χ4v) is 1.77. The lowest BCUT2D eigenvalue weighted by Gasteiger charge is -2.49. The zero-order chi connectivity index (χ0) is 10.8. The topological polar surface area (TPSA) is 85.7 Å². The van der Waals surface area contributed by atoms with Gasteiger partial charge in [-0.2, -0.15) is 0 Å². The number of nitrogens with one attached hydrogen (secondary N) is 1. The van der Waals surface area contributed by atoms with Crippen LogP contribution in [0.25, 0.3) is 0 Å². The number of hydrogen-bond donors (Lipinski definition) is 3. The summed E-state index contributed by atoms with van der Waals surface area (Å²) in [6.45, 7) is 7.02. The van der Waals surface area contributed by atoms with Gasteiger partial charge in [0.2, 0.25) is 5.96 Å². The van der Waals surface area contributed by atoms with E-state index in [1.165, 1.54) is 0 Å². The van der Waals surface area contributed by atoms with E-state index in [0.29, 0.717) is 0 Å². The molecule has 1 fully saturated rings. The molecule has 0 saturated heterocycles. The lowest BCUT2D eigenvalue weighted by molar-refractivity contribution is -0.103. The van der Waals surface area contributed by atoms with Gasteiger partial charge in [-0.1, -0.05) is 13.8 Å². The van der Waals surface area contributed by atoms with Crippen LogP contribution in [-0.2, 0) is 4.74 Å². The second kappa shape index (κ2) is 4.14. The van der Waals surface area contributed by atoms with Crippen LogP contribution in [0.4, 0.5) is 0 Å². The van der Waals surface area contributed by atoms with Crippen LogP contribution < -0.4 is 17.0 Å². The summed E-state index contributed by atoms with van der Waals surface area (Å²) in [5.41, 5.74) is 7.89. The highest BCUT2D eigenvalue weighted by molar-refractivity contribution is 5.77. The normalized spacial score (nSPS) is 31.0. The maximum Gasteiger partial charge on any atom is 0.203 e. The molecule has 2 unspecified atom stereocenters. The van der Waals surface area contributed by atoms with Crippen LogP contribution in [-0.4, -0.2) is 24.7 Å². The summed E-state index contributed by atoms with van der Waals surface area (Å²) >= 11 is 0. The van der Waals surface area contributed by atoms with E-state index < -0.39 is 0 Å². The van der Waals surface area contributed by atoms with Crippen molar-refractivity contribution in [2.75, 3.05) is 6.61 Å². The Morgan fingerprint density at radius 3 is 2.71 bits per heavy atom. The quantitative estimate of drug-likeness (QED) is 0.258. The maximum atomic E-state index is 5.58. The molecule has 5 N–H and O–H groups in total. The number of aliphatic imine (C=N–C) groups is 1. The molecule has 5 heteroatoms. The average molecular weight is 200 g/mol. The van der Waals surface area contributed by atoms with E-state index in [1.807, 2.05) is 6.92 Å². The summed E-state index contributed by atoms with van der Waals surface area (Å²) in [6, 6.07) is 0.204. The van der Waals surface area contributed by atoms with Crippen molar-refractivity contribution >= 4 is 5.96 Å². The van der Waals surface area contributed by atoms with E-state index >= 15 is 0 Å². The van der Waals surface area contributed by atoms with E-state index in [4.69, 9.17) is 16.3 Å². The van der Waals surface area contributed by atoms with Crippen molar-refractivity contribution in [3.8, 4) is 0 Å². The van der Waals surface area contributed by atoms with Gasteiger partial charge in [0.25, 0.3) is 0 Å². The smallest absolute Gasteiger partial charge is 0.203 e. The molecule has 5 nitrogen and oxygen atoms in total. The van der Waals surface area contributed by atoms with Crippen LogP contribution in [0.3, 0.4) is 0 Å². The summed E-state index contributed by atoms with van der Waals surface area (Å²) in [4.78, 5) is 4.26. The van der Waals surface area contributed by atoms with Crippen molar-refractivity contribution in [3.05, 3.63) is 0 Å². The van der Waals surface area contributed by atoms with Gasteiger partial charge >= 0.3 is 0 Å². The van der Waals surface area contributed by atoms with Gasteiger partial charge in [-0.15, -0.1) is 0 Å². The third-order valence-electron chi connectivity index (χ3n) is 2.94. The highest BCUT2D eigenvalue weighted by Gasteiger charge is 2.49. The molecule has 0 radical (unpaired) electrons. The van der Waals surface area contributed by atoms with E-state index in [-0.39, 0.29) is 23.5 Å². The van der Waals surface area contributed by atoms with Gasteiger partial charge in [-0.05, 0) is 13.3 Å². The summed E-state index contributed by atoms with van der Waals surface area (Å²) in [5, 5.41) is 0. The molecule has 1 rings (SSSR count). The molecule has 82 valence electrons. The summed E-state index contributed by atoms with van der Waals surface area (Å²) in [6.07, 6.45) is 1.20. The standard InChI is InChI=1S/C9H20N4O/c1-4-14-7-5-6(9(7,2)3)12-8(10)13-11/h6-7H,4-5,11H2,1-3H3,(H3,10,12,13). The number of nitrogens with zero attached hydrogens (tertiary/aromatic N) is 1. The molecule has 0 aliphatic heterocycles. The van der Waals surface area contributed by atoms with Gasteiger partial charge in [0.05, 0.1) is 12.1 Å². The van der Waals surface area contributed by atoms with Crippen molar-refractivity contribution in [2.24, 2.45) is 22.0 Å². The Labute approximate surface area is 84.9 Å². The summed E-state index contributed by atoms with van der Waals surface area (Å²) < 4.78 is 5.58. The van der Waals surface area contributed by atoms with Crippen molar-refractivity contribution in [3.63, 3.8) is 0 Å². The minimum atomic E-state index is 0.0531. The average Bonchev–Trinajstić information content (AvgIpc) is 2.16. The Kier molecular flexibility index (Phi) is 3.34. The van der Waals surface area contributed by atoms with Crippen LogP contribution in [0.1, 0.15) is 27.2 Å². The molecule has 0 amide bonds. The van der Waals surface area contributed by atoms with E-state index in [1.54, 1.807) is 0 Å². The molecule has 1 saturated carbocycles. The third-order valence-corrected chi connectivity index (χ3v) is 2.94. The lowest BCUT2D eigenvalue weighted by Crippen LogP contribution is -2.55. The number of nitrogens with two attached hydrogens (primary N) is 2. The lowest BCUT2D eigenvalue weighted by atomic mass is 9.65. The van der Waals surface area contributed by atoms with Crippen LogP contribution in [0.2, 0.25) is 0 Å². The van der Waals surface area contributed by atoms with Gasteiger partial charge in [0.1, 0.15) is 0 Å². The van der Waals surface area contributed by atoms with E-state index in [9.17, 15) is 0 Å². The predicted octanol–water partition coefficient (Wildman–Crippen LogP) is -0.0320. The number of hydrazine groups is 1. The molecule has 0 aromatic rings. The van der Waals surface area contributed by atoms with Crippen molar-refractivity contribution in [2.45, 2.75) is 39.3 Å². The summed E-state index contributed by atoms with van der Waals surface area (Å²) in [7, 11) is 0. The highest BCUT2D eigenvalue weighted by Crippen LogP contribution is 2.44. The fraction of sp³-hybridized carbons (Fsp3) is 0.889. The molecule has 1 aliphatic rings. The van der Waals surface area contributed by atoms with E-state index in [2.05, 4.69) is 24.3 Å². The van der Waals surface area contributed by atoms with E-state index in [0.717, 1.165) is 13.0 Å². The highest BCUT2D eigenvalue weighted by atomic mass is 16.5. The molecule has 0 spiro atoms. The largest absolute Gasteiger partial charge is 0.378 e. The van der Waals surface area contributed by atoms with Crippen LogP contribution in [0, 0.1) is 5.41 Å². The molecule has 0 bridgehead atoms. The van der Waals surface area contributed by atoms with Crippen LogP contribution >= 0.6 is 0 Å². The number of hydrogen-bond acceptors (Lipinski definition) is 3. The summed E-state index contributed by atoms with van der Waals surface area (Å²) in [5.74, 6) is 5.43. The second-order valence-electron chi connectivity index (χ2n) is 4.18. The molecule has 0 aromatic carbocycles. The van der Waals surface area contributed by atoms with Crippen LogP contribution in [0.5, 0.6) is 0 Å². The Hall–Kier alpha value is -0.810. The first-order valence-electron chi connectivity index (χ1n) is 4.93. The van der Waals surface area contributed by atoms with Crippen molar-refractivity contribution < 1.29 is 4.74 Å². The maximum absolute atomic E-state index is 5.58. The van der Waals surface area contributed by atoms with Gasteiger partial charge in [-0.3, -0.25) is 5.43 Å².